The van der Waals surface area contributed by atoms with Crippen LogP contribution in [0.2, 0.25) is 0 Å². The third-order valence-electron chi connectivity index (χ3n) is 8.08. The van der Waals surface area contributed by atoms with Gasteiger partial charge in [-0.3, -0.25) is 4.79 Å². The number of piperazine rings is 1. The molecule has 2 aliphatic heterocycles. The number of anilines is 3. The highest BCUT2D eigenvalue weighted by Crippen LogP contribution is 2.56. The molecule has 2 aromatic rings. The first-order valence-electron chi connectivity index (χ1n) is 12.6. The van der Waals surface area contributed by atoms with Crippen molar-refractivity contribution in [2.24, 2.45) is 5.41 Å². The molecule has 11 nitrogen and oxygen atoms in total. The number of rotatable bonds is 5. The van der Waals surface area contributed by atoms with Gasteiger partial charge in [-0.05, 0) is 33.6 Å². The van der Waals surface area contributed by atoms with E-state index in [9.17, 15) is 15.3 Å². The van der Waals surface area contributed by atoms with Gasteiger partial charge in [0.2, 0.25) is 5.91 Å². The van der Waals surface area contributed by atoms with Gasteiger partial charge in [0.1, 0.15) is 24.0 Å². The van der Waals surface area contributed by atoms with Crippen LogP contribution in [0.25, 0.3) is 0 Å². The highest BCUT2D eigenvalue weighted by atomic mass is 16.5. The molecule has 4 heterocycles. The molecule has 0 radical (unpaired) electrons. The second-order valence-electron chi connectivity index (χ2n) is 10.7. The van der Waals surface area contributed by atoms with Crippen molar-refractivity contribution in [2.75, 3.05) is 43.2 Å². The summed E-state index contributed by atoms with van der Waals surface area (Å²) >= 11 is 0. The van der Waals surface area contributed by atoms with Crippen LogP contribution >= 0.6 is 0 Å². The van der Waals surface area contributed by atoms with Crippen molar-refractivity contribution < 1.29 is 9.53 Å². The summed E-state index contributed by atoms with van der Waals surface area (Å²) in [7, 11) is 1.50. The number of methoxy groups -OCH3 is 1. The minimum atomic E-state index is -1.23. The summed E-state index contributed by atoms with van der Waals surface area (Å²) in [5, 5.41) is 27.4. The van der Waals surface area contributed by atoms with Crippen LogP contribution in [0.5, 0.6) is 0 Å². The highest BCUT2D eigenvalue weighted by molar-refractivity contribution is 5.86. The number of ether oxygens (including phenoxy) is 1. The van der Waals surface area contributed by atoms with Crippen LogP contribution < -0.4 is 9.80 Å². The fraction of sp³-hybridized carbons (Fsp3) is 0.577. The van der Waals surface area contributed by atoms with Gasteiger partial charge in [-0.15, -0.1) is 5.10 Å². The molecule has 1 saturated heterocycles. The quantitative estimate of drug-likeness (QED) is 0.600. The van der Waals surface area contributed by atoms with Crippen LogP contribution in [-0.4, -0.2) is 76.4 Å². The lowest BCUT2D eigenvalue weighted by molar-refractivity contribution is -0.143. The number of carbonyl (C=O) groups is 1. The predicted molar refractivity (Wildman–Crippen MR) is 135 cm³/mol. The molecule has 2 aromatic heterocycles. The molecule has 11 heteroatoms. The van der Waals surface area contributed by atoms with E-state index in [1.54, 1.807) is 24.2 Å². The standard InChI is InChI=1S/C26H31N9O2/c1-17-12-34(24(36)25(3,13-28)15-37-4)18(2)11-33(17)22-21-23(30-16-29-22)35(14-26(21)6-5-7-26)20-8-19(9-27)10-31-32-20/h8,10,16-18H,5-7,11-12,14-15H2,1-4H3/t17-,18+,25?/m0/s1. The van der Waals surface area contributed by atoms with Gasteiger partial charge in [-0.1, -0.05) is 6.42 Å². The Morgan fingerprint density at radius 2 is 1.97 bits per heavy atom. The van der Waals surface area contributed by atoms with E-state index in [1.165, 1.54) is 13.3 Å². The Hall–Kier alpha value is -3.83. The van der Waals surface area contributed by atoms with E-state index in [0.717, 1.165) is 43.0 Å². The summed E-state index contributed by atoms with van der Waals surface area (Å²) in [4.78, 5) is 29.0. The summed E-state index contributed by atoms with van der Waals surface area (Å²) in [6.07, 6.45) is 6.23. The van der Waals surface area contributed by atoms with Gasteiger partial charge in [-0.2, -0.15) is 15.6 Å². The highest BCUT2D eigenvalue weighted by Gasteiger charge is 2.52. The van der Waals surface area contributed by atoms with Crippen molar-refractivity contribution in [3.05, 3.63) is 29.7 Å². The first-order valence-corrected chi connectivity index (χ1v) is 12.6. The maximum atomic E-state index is 13.4. The maximum Gasteiger partial charge on any atom is 0.245 e. The number of aromatic nitrogens is 4. The van der Waals surface area contributed by atoms with Gasteiger partial charge in [0.15, 0.2) is 11.2 Å². The van der Waals surface area contributed by atoms with Crippen molar-refractivity contribution in [3.63, 3.8) is 0 Å². The number of hydrogen-bond acceptors (Lipinski definition) is 10. The molecule has 3 aliphatic rings. The molecule has 0 aromatic carbocycles. The smallest absolute Gasteiger partial charge is 0.245 e. The molecule has 37 heavy (non-hydrogen) atoms. The number of fused-ring (bicyclic) bond motifs is 2. The SMILES string of the molecule is COCC(C)(C#N)C(=O)N1C[C@H](C)N(c2ncnc3c2C2(CCC2)CN3c2cc(C#N)cnn2)C[C@H]1C. The Bertz CT molecular complexity index is 1300. The van der Waals surface area contributed by atoms with Gasteiger partial charge in [0, 0.05) is 55.9 Å². The molecule has 1 unspecified atom stereocenters. The summed E-state index contributed by atoms with van der Waals surface area (Å²) in [5.74, 6) is 2.11. The number of amides is 1. The van der Waals surface area contributed by atoms with E-state index >= 15 is 0 Å². The zero-order valence-corrected chi connectivity index (χ0v) is 21.7. The number of nitriles is 2. The Balaban J connectivity index is 1.49. The van der Waals surface area contributed by atoms with E-state index in [0.29, 0.717) is 24.5 Å². The molecular formula is C26H31N9O2. The minimum Gasteiger partial charge on any atom is -0.382 e. The van der Waals surface area contributed by atoms with Crippen LogP contribution in [-0.2, 0) is 14.9 Å². The summed E-state index contributed by atoms with van der Waals surface area (Å²) < 4.78 is 5.19. The van der Waals surface area contributed by atoms with Crippen molar-refractivity contribution in [1.82, 2.24) is 25.1 Å². The van der Waals surface area contributed by atoms with E-state index < -0.39 is 5.41 Å². The van der Waals surface area contributed by atoms with Crippen LogP contribution in [0.1, 0.15) is 51.2 Å². The normalized spacial score (nSPS) is 23.6. The zero-order chi connectivity index (χ0) is 26.4. The first-order chi connectivity index (χ1) is 17.8. The molecule has 0 bridgehead atoms. The van der Waals surface area contributed by atoms with E-state index in [4.69, 9.17) is 9.72 Å². The first kappa shape index (κ1) is 24.8. The molecule has 3 atom stereocenters. The molecule has 2 fully saturated rings. The number of nitrogens with zero attached hydrogens (tertiary/aromatic N) is 9. The number of hydrogen-bond donors (Lipinski definition) is 0. The van der Waals surface area contributed by atoms with E-state index in [2.05, 4.69) is 44.0 Å². The summed E-state index contributed by atoms with van der Waals surface area (Å²) in [5.41, 5.74) is 0.266. The second kappa shape index (κ2) is 9.24. The Morgan fingerprint density at radius 3 is 2.62 bits per heavy atom. The van der Waals surface area contributed by atoms with Gasteiger partial charge in [0.25, 0.3) is 0 Å². The van der Waals surface area contributed by atoms with E-state index in [-0.39, 0.29) is 30.0 Å². The van der Waals surface area contributed by atoms with Crippen LogP contribution in [0.3, 0.4) is 0 Å². The lowest BCUT2D eigenvalue weighted by atomic mass is 9.66. The third-order valence-corrected chi connectivity index (χ3v) is 8.08. The van der Waals surface area contributed by atoms with Crippen molar-refractivity contribution >= 4 is 23.4 Å². The molecule has 1 aliphatic carbocycles. The fourth-order valence-electron chi connectivity index (χ4n) is 5.92. The molecule has 1 amide bonds. The molecule has 0 N–H and O–H groups in total. The van der Waals surface area contributed by atoms with Crippen molar-refractivity contribution in [2.45, 2.75) is 57.5 Å². The van der Waals surface area contributed by atoms with Gasteiger partial charge >= 0.3 is 0 Å². The summed E-state index contributed by atoms with van der Waals surface area (Å²) in [6, 6.07) is 5.91. The monoisotopic (exact) mass is 501 g/mol. The second-order valence-corrected chi connectivity index (χ2v) is 10.7. The van der Waals surface area contributed by atoms with Crippen molar-refractivity contribution in [3.8, 4) is 12.1 Å². The maximum absolute atomic E-state index is 13.4. The van der Waals surface area contributed by atoms with Crippen LogP contribution in [0.15, 0.2) is 18.6 Å². The average Bonchev–Trinajstić information content (AvgIpc) is 3.26. The molecule has 1 saturated carbocycles. The molecule has 5 rings (SSSR count). The zero-order valence-electron chi connectivity index (χ0n) is 21.7. The molecular weight excluding hydrogens is 470 g/mol. The van der Waals surface area contributed by atoms with Gasteiger partial charge < -0.3 is 19.4 Å². The number of carbonyl (C=O) groups excluding carboxylic acids is 1. The van der Waals surface area contributed by atoms with E-state index in [1.807, 2.05) is 6.92 Å². The average molecular weight is 502 g/mol. The Labute approximate surface area is 216 Å². The fourth-order valence-corrected chi connectivity index (χ4v) is 5.92. The lowest BCUT2D eigenvalue weighted by Crippen LogP contribution is -2.61. The largest absolute Gasteiger partial charge is 0.382 e. The Morgan fingerprint density at radius 1 is 1.22 bits per heavy atom. The third kappa shape index (κ3) is 3.94. The summed E-state index contributed by atoms with van der Waals surface area (Å²) in [6.45, 7) is 7.57. The van der Waals surface area contributed by atoms with Gasteiger partial charge in [-0.25, -0.2) is 9.97 Å². The minimum absolute atomic E-state index is 0.0162. The topological polar surface area (TPSA) is 135 Å². The molecule has 192 valence electrons. The van der Waals surface area contributed by atoms with Crippen molar-refractivity contribution in [1.29, 1.82) is 10.5 Å². The Kier molecular flexibility index (Phi) is 6.20. The lowest BCUT2D eigenvalue weighted by Gasteiger charge is -2.48. The van der Waals surface area contributed by atoms with Crippen LogP contribution in [0, 0.1) is 28.1 Å². The van der Waals surface area contributed by atoms with Gasteiger partial charge in [0.05, 0.1) is 24.4 Å². The van der Waals surface area contributed by atoms with Crippen LogP contribution in [0.4, 0.5) is 17.5 Å². The predicted octanol–water partition coefficient (Wildman–Crippen LogP) is 2.31. The molecule has 1 spiro atoms.